The Balaban J connectivity index is 1.77. The molecule has 1 saturated heterocycles. The van der Waals surface area contributed by atoms with Crippen molar-refractivity contribution >= 4 is 29.0 Å². The lowest BCUT2D eigenvalue weighted by molar-refractivity contribution is 0.0746. The van der Waals surface area contributed by atoms with Crippen LogP contribution in [0.5, 0.6) is 0 Å². The third-order valence-corrected chi connectivity index (χ3v) is 4.89. The number of halogens is 2. The van der Waals surface area contributed by atoms with Gasteiger partial charge in [0.2, 0.25) is 0 Å². The summed E-state index contributed by atoms with van der Waals surface area (Å²) >= 11 is 5.99. The van der Waals surface area contributed by atoms with Gasteiger partial charge in [-0.05, 0) is 43.3 Å². The summed E-state index contributed by atoms with van der Waals surface area (Å²) in [6.07, 6.45) is 0. The molecule has 0 unspecified atom stereocenters. The van der Waals surface area contributed by atoms with Crippen molar-refractivity contribution in [2.45, 2.75) is 6.92 Å². The molecule has 2 aromatic rings. The van der Waals surface area contributed by atoms with Crippen LogP contribution in [0, 0.1) is 17.1 Å². The fourth-order valence-electron chi connectivity index (χ4n) is 3.14. The Labute approximate surface area is 161 Å². The van der Waals surface area contributed by atoms with E-state index in [0.717, 1.165) is 6.07 Å². The molecule has 0 N–H and O–H groups in total. The lowest BCUT2D eigenvalue weighted by Gasteiger charge is -2.37. The van der Waals surface area contributed by atoms with Crippen LogP contribution in [0.3, 0.4) is 0 Å². The van der Waals surface area contributed by atoms with Crippen LogP contribution >= 0.6 is 11.6 Å². The zero-order valence-electron chi connectivity index (χ0n) is 14.7. The van der Waals surface area contributed by atoms with Crippen molar-refractivity contribution in [3.8, 4) is 6.07 Å². The quantitative estimate of drug-likeness (QED) is 0.758. The number of nitriles is 1. The van der Waals surface area contributed by atoms with Gasteiger partial charge in [0.05, 0.1) is 22.2 Å². The van der Waals surface area contributed by atoms with E-state index in [4.69, 9.17) is 16.9 Å². The van der Waals surface area contributed by atoms with Crippen LogP contribution in [-0.4, -0.2) is 42.8 Å². The van der Waals surface area contributed by atoms with Gasteiger partial charge >= 0.3 is 0 Å². The van der Waals surface area contributed by atoms with Gasteiger partial charge < -0.3 is 9.80 Å². The predicted molar refractivity (Wildman–Crippen MR) is 101 cm³/mol. The number of anilines is 1. The van der Waals surface area contributed by atoms with Crippen molar-refractivity contribution in [1.82, 2.24) is 4.90 Å². The highest BCUT2D eigenvalue weighted by Gasteiger charge is 2.25. The molecular formula is C20H17ClFN3O2. The molecule has 5 nitrogen and oxygen atoms in total. The maximum atomic E-state index is 13.2. The van der Waals surface area contributed by atoms with Crippen LogP contribution in [0.4, 0.5) is 10.1 Å². The van der Waals surface area contributed by atoms with Crippen LogP contribution < -0.4 is 4.90 Å². The minimum atomic E-state index is -0.490. The van der Waals surface area contributed by atoms with E-state index in [-0.39, 0.29) is 22.3 Å². The van der Waals surface area contributed by atoms with Gasteiger partial charge in [0.15, 0.2) is 5.78 Å². The second-order valence-electron chi connectivity index (χ2n) is 6.30. The third-order valence-electron chi connectivity index (χ3n) is 4.58. The highest BCUT2D eigenvalue weighted by atomic mass is 35.5. The smallest absolute Gasteiger partial charge is 0.255 e. The fourth-order valence-corrected chi connectivity index (χ4v) is 3.39. The van der Waals surface area contributed by atoms with Crippen molar-refractivity contribution in [3.63, 3.8) is 0 Å². The number of benzene rings is 2. The van der Waals surface area contributed by atoms with Gasteiger partial charge in [-0.2, -0.15) is 5.26 Å². The zero-order valence-corrected chi connectivity index (χ0v) is 15.5. The number of rotatable bonds is 3. The summed E-state index contributed by atoms with van der Waals surface area (Å²) in [5.74, 6) is -0.821. The Morgan fingerprint density at radius 1 is 1.07 bits per heavy atom. The summed E-state index contributed by atoms with van der Waals surface area (Å²) in [6, 6.07) is 10.8. The molecular weight excluding hydrogens is 369 g/mol. The molecule has 0 radical (unpaired) electrons. The SMILES string of the molecule is CC(=O)c1ccc(C#N)cc1N1CCN(C(=O)c2ccc(F)cc2Cl)CC1. The van der Waals surface area contributed by atoms with Gasteiger partial charge in [-0.25, -0.2) is 4.39 Å². The van der Waals surface area contributed by atoms with Gasteiger partial charge in [0.1, 0.15) is 5.82 Å². The highest BCUT2D eigenvalue weighted by molar-refractivity contribution is 6.33. The summed E-state index contributed by atoms with van der Waals surface area (Å²) in [6.45, 7) is 3.38. The molecule has 1 amide bonds. The molecule has 0 aliphatic carbocycles. The number of amides is 1. The Bertz CT molecular complexity index is 947. The van der Waals surface area contributed by atoms with E-state index in [9.17, 15) is 14.0 Å². The van der Waals surface area contributed by atoms with E-state index in [1.54, 1.807) is 23.1 Å². The average molecular weight is 386 g/mol. The monoisotopic (exact) mass is 385 g/mol. The number of carbonyl (C=O) groups excluding carboxylic acids is 2. The number of Topliss-reactive ketones (excluding diaryl/α,β-unsaturated/α-hetero) is 1. The molecule has 0 atom stereocenters. The Morgan fingerprint density at radius 3 is 2.33 bits per heavy atom. The van der Waals surface area contributed by atoms with Crippen LogP contribution in [0.2, 0.25) is 5.02 Å². The van der Waals surface area contributed by atoms with Crippen LogP contribution in [-0.2, 0) is 0 Å². The van der Waals surface area contributed by atoms with Crippen molar-refractivity contribution in [3.05, 3.63) is 63.9 Å². The first kappa shape index (κ1) is 18.9. The summed E-state index contributed by atoms with van der Waals surface area (Å²) in [4.78, 5) is 28.2. The average Bonchev–Trinajstić information content (AvgIpc) is 2.67. The second kappa shape index (κ2) is 7.77. The first-order valence-electron chi connectivity index (χ1n) is 8.45. The molecule has 1 fully saturated rings. The molecule has 27 heavy (non-hydrogen) atoms. The number of hydrogen-bond acceptors (Lipinski definition) is 4. The molecule has 1 heterocycles. The lowest BCUT2D eigenvalue weighted by atomic mass is 10.0. The van der Waals surface area contributed by atoms with E-state index >= 15 is 0 Å². The highest BCUT2D eigenvalue weighted by Crippen LogP contribution is 2.25. The topological polar surface area (TPSA) is 64.4 Å². The standard InChI is InChI=1S/C20H17ClFN3O2/c1-13(26)16-4-2-14(12-23)10-19(16)24-6-8-25(9-7-24)20(27)17-5-3-15(22)11-18(17)21/h2-5,10-11H,6-9H2,1H3. The first-order chi connectivity index (χ1) is 12.9. The Kier molecular flexibility index (Phi) is 5.43. The van der Waals surface area contributed by atoms with E-state index in [1.807, 2.05) is 4.90 Å². The first-order valence-corrected chi connectivity index (χ1v) is 8.83. The van der Waals surface area contributed by atoms with Crippen molar-refractivity contribution in [2.24, 2.45) is 0 Å². The molecule has 0 bridgehead atoms. The molecule has 138 valence electrons. The van der Waals surface area contributed by atoms with E-state index in [1.165, 1.54) is 19.1 Å². The largest absolute Gasteiger partial charge is 0.367 e. The molecule has 7 heteroatoms. The molecule has 0 spiro atoms. The summed E-state index contributed by atoms with van der Waals surface area (Å²) in [7, 11) is 0. The van der Waals surface area contributed by atoms with Crippen LogP contribution in [0.15, 0.2) is 36.4 Å². The third kappa shape index (κ3) is 3.93. The maximum Gasteiger partial charge on any atom is 0.255 e. The lowest BCUT2D eigenvalue weighted by Crippen LogP contribution is -2.49. The normalized spacial score (nSPS) is 14.0. The van der Waals surface area contributed by atoms with E-state index in [0.29, 0.717) is 43.0 Å². The molecule has 2 aromatic carbocycles. The van der Waals surface area contributed by atoms with Crippen molar-refractivity contribution in [2.75, 3.05) is 31.1 Å². The van der Waals surface area contributed by atoms with Gasteiger partial charge in [0, 0.05) is 37.4 Å². The number of carbonyl (C=O) groups is 2. The van der Waals surface area contributed by atoms with E-state index < -0.39 is 5.82 Å². The fraction of sp³-hybridized carbons (Fsp3) is 0.250. The number of nitrogens with zero attached hydrogens (tertiary/aromatic N) is 3. The minimum Gasteiger partial charge on any atom is -0.367 e. The Morgan fingerprint density at radius 2 is 1.74 bits per heavy atom. The van der Waals surface area contributed by atoms with Gasteiger partial charge in [-0.1, -0.05) is 11.6 Å². The zero-order chi connectivity index (χ0) is 19.6. The number of ketones is 1. The molecule has 3 rings (SSSR count). The summed E-state index contributed by atoms with van der Waals surface area (Å²) in [5.41, 5.74) is 2.00. The van der Waals surface area contributed by atoms with Crippen molar-refractivity contribution < 1.29 is 14.0 Å². The maximum absolute atomic E-state index is 13.2. The van der Waals surface area contributed by atoms with Gasteiger partial charge in [-0.3, -0.25) is 9.59 Å². The van der Waals surface area contributed by atoms with Crippen LogP contribution in [0.25, 0.3) is 0 Å². The molecule has 0 saturated carbocycles. The van der Waals surface area contributed by atoms with Crippen molar-refractivity contribution in [1.29, 1.82) is 5.26 Å². The van der Waals surface area contributed by atoms with Gasteiger partial charge in [0.25, 0.3) is 5.91 Å². The minimum absolute atomic E-state index is 0.0777. The predicted octanol–water partition coefficient (Wildman–Crippen LogP) is 3.52. The van der Waals surface area contributed by atoms with E-state index in [2.05, 4.69) is 6.07 Å². The second-order valence-corrected chi connectivity index (χ2v) is 6.71. The summed E-state index contributed by atoms with van der Waals surface area (Å²) in [5, 5.41) is 9.22. The Hall–Kier alpha value is -2.91. The summed E-state index contributed by atoms with van der Waals surface area (Å²) < 4.78 is 13.2. The van der Waals surface area contributed by atoms with Crippen LogP contribution in [0.1, 0.15) is 33.2 Å². The number of hydrogen-bond donors (Lipinski definition) is 0. The molecule has 1 aliphatic heterocycles. The number of piperazine rings is 1. The molecule has 1 aliphatic rings. The van der Waals surface area contributed by atoms with Gasteiger partial charge in [-0.15, -0.1) is 0 Å². The molecule has 0 aromatic heterocycles.